The van der Waals surface area contributed by atoms with Crippen molar-refractivity contribution < 1.29 is 9.47 Å². The lowest BCUT2D eigenvalue weighted by molar-refractivity contribution is 0.304. The number of ether oxygens (including phenoxy) is 2. The first-order valence-corrected chi connectivity index (χ1v) is 19.8. The monoisotopic (exact) mass is 696 g/mol. The summed E-state index contributed by atoms with van der Waals surface area (Å²) in [6, 6.07) is 34.5. The molecule has 0 saturated carbocycles. The highest BCUT2D eigenvalue weighted by Crippen LogP contribution is 2.28. The molecule has 0 N–H and O–H groups in total. The van der Waals surface area contributed by atoms with E-state index in [1.807, 2.05) is 0 Å². The minimum atomic E-state index is 0.759. The fraction of sp³-hybridized carbons (Fsp3) is 0.375. The van der Waals surface area contributed by atoms with Crippen LogP contribution in [0.2, 0.25) is 0 Å². The van der Waals surface area contributed by atoms with Gasteiger partial charge < -0.3 is 9.47 Å². The molecule has 0 amide bonds. The summed E-state index contributed by atoms with van der Waals surface area (Å²) in [5, 5.41) is 0. The molecule has 0 fully saturated rings. The molecule has 4 aromatic carbocycles. The second kappa shape index (κ2) is 21.0. The summed E-state index contributed by atoms with van der Waals surface area (Å²) in [4.78, 5) is 0. The highest BCUT2D eigenvalue weighted by molar-refractivity contribution is 6.20. The summed E-state index contributed by atoms with van der Waals surface area (Å²) >= 11 is 0. The Morgan fingerprint density at radius 1 is 0.365 bits per heavy atom. The molecular weight excluding hydrogens is 637 g/mol. The largest absolute Gasteiger partial charge is 0.494 e. The van der Waals surface area contributed by atoms with Gasteiger partial charge in [-0.15, -0.1) is 0 Å². The molecule has 0 heterocycles. The van der Waals surface area contributed by atoms with E-state index >= 15 is 0 Å². The number of hydrogen-bond donors (Lipinski definition) is 0. The summed E-state index contributed by atoms with van der Waals surface area (Å²) < 4.78 is 16.9. The second-order valence-corrected chi connectivity index (χ2v) is 14.1. The third-order valence-electron chi connectivity index (χ3n) is 9.67. The molecule has 4 aromatic rings. The van der Waals surface area contributed by atoms with Crippen LogP contribution in [0.25, 0.3) is 0 Å². The van der Waals surface area contributed by atoms with Crippen LogP contribution >= 0.6 is 0 Å². The first-order chi connectivity index (χ1) is 25.6. The lowest BCUT2D eigenvalue weighted by Gasteiger charge is -2.11. The quantitative estimate of drug-likeness (QED) is 0.0522. The zero-order valence-corrected chi connectivity index (χ0v) is 32.2. The Balaban J connectivity index is 1.40. The Morgan fingerprint density at radius 2 is 0.654 bits per heavy atom. The number of unbranched alkanes of at least 4 members (excludes halogenated alkanes) is 10. The predicted molar refractivity (Wildman–Crippen MR) is 224 cm³/mol. The summed E-state index contributed by atoms with van der Waals surface area (Å²) in [5.74, 6) is 1.83. The van der Waals surface area contributed by atoms with Gasteiger partial charge in [-0.2, -0.15) is 9.15 Å². The van der Waals surface area contributed by atoms with E-state index in [2.05, 4.69) is 158 Å². The van der Waals surface area contributed by atoms with Crippen LogP contribution in [0.5, 0.6) is 11.5 Å². The molecule has 4 heteroatoms. The average molecular weight is 697 g/mol. The molecule has 0 unspecified atom stereocenters. The third kappa shape index (κ3) is 11.7. The van der Waals surface area contributed by atoms with Gasteiger partial charge in [0.25, 0.3) is 0 Å². The first kappa shape index (κ1) is 38.5. The van der Waals surface area contributed by atoms with Crippen LogP contribution in [0.1, 0.15) is 102 Å². The van der Waals surface area contributed by atoms with Gasteiger partial charge >= 0.3 is 0 Å². The van der Waals surface area contributed by atoms with Crippen molar-refractivity contribution in [2.45, 2.75) is 105 Å². The van der Waals surface area contributed by atoms with E-state index in [1.54, 1.807) is 0 Å². The topological polar surface area (TPSA) is 24.5 Å². The molecular formula is C48H60N2O2+2. The summed E-state index contributed by atoms with van der Waals surface area (Å²) in [7, 11) is 0. The molecule has 272 valence electrons. The minimum Gasteiger partial charge on any atom is -0.494 e. The first-order valence-electron chi connectivity index (χ1n) is 19.8. The van der Waals surface area contributed by atoms with E-state index in [4.69, 9.17) is 9.47 Å². The molecule has 1 aliphatic rings. The number of benzene rings is 4. The fourth-order valence-corrected chi connectivity index (χ4v) is 6.56. The molecule has 0 saturated heterocycles. The SMILES string of the molecule is CCCCCCCCOc1ccc([N+](=C2C=CC(=[N+](c3ccc(C)cc3)c3ccc(C)cc3)C=C2)c2ccc(OCCCCCCCC)cc2)cc1. The molecule has 0 atom stereocenters. The van der Waals surface area contributed by atoms with E-state index in [9.17, 15) is 0 Å². The number of aryl methyl sites for hydroxylation is 2. The molecule has 0 spiro atoms. The van der Waals surface area contributed by atoms with E-state index in [0.29, 0.717) is 0 Å². The van der Waals surface area contributed by atoms with Crippen LogP contribution in [0, 0.1) is 13.8 Å². The summed E-state index contributed by atoms with van der Waals surface area (Å²) in [6.07, 6.45) is 24.0. The highest BCUT2D eigenvalue weighted by Gasteiger charge is 2.24. The van der Waals surface area contributed by atoms with Crippen LogP contribution in [0.3, 0.4) is 0 Å². The maximum atomic E-state index is 6.15. The van der Waals surface area contributed by atoms with Crippen molar-refractivity contribution in [1.29, 1.82) is 0 Å². The van der Waals surface area contributed by atoms with Crippen LogP contribution in [0.15, 0.2) is 121 Å². The Hall–Kier alpha value is -4.70. The fourth-order valence-electron chi connectivity index (χ4n) is 6.56. The number of hydrogen-bond acceptors (Lipinski definition) is 2. The van der Waals surface area contributed by atoms with Crippen molar-refractivity contribution in [3.8, 4) is 11.5 Å². The van der Waals surface area contributed by atoms with Gasteiger partial charge in [0, 0.05) is 72.8 Å². The van der Waals surface area contributed by atoms with E-state index in [1.165, 1.54) is 75.3 Å². The Morgan fingerprint density at radius 3 is 0.981 bits per heavy atom. The van der Waals surface area contributed by atoms with Crippen molar-refractivity contribution in [3.05, 3.63) is 132 Å². The van der Waals surface area contributed by atoms with Crippen molar-refractivity contribution in [3.63, 3.8) is 0 Å². The lowest BCUT2D eigenvalue weighted by Crippen LogP contribution is -2.20. The van der Waals surface area contributed by atoms with Crippen molar-refractivity contribution in [2.75, 3.05) is 13.2 Å². The minimum absolute atomic E-state index is 0.759. The predicted octanol–water partition coefficient (Wildman–Crippen LogP) is 13.2. The molecule has 0 aromatic heterocycles. The van der Waals surface area contributed by atoms with Crippen LogP contribution in [0.4, 0.5) is 22.7 Å². The number of nitrogens with zero attached hydrogens (tertiary/aromatic N) is 2. The molecule has 0 bridgehead atoms. The van der Waals surface area contributed by atoms with Gasteiger partial charge in [-0.05, 0) is 51.0 Å². The van der Waals surface area contributed by atoms with Crippen LogP contribution in [-0.4, -0.2) is 24.6 Å². The second-order valence-electron chi connectivity index (χ2n) is 14.1. The van der Waals surface area contributed by atoms with Gasteiger partial charge in [-0.3, -0.25) is 0 Å². The van der Waals surface area contributed by atoms with Gasteiger partial charge in [0.05, 0.1) is 13.2 Å². The number of rotatable bonds is 20. The van der Waals surface area contributed by atoms with Crippen LogP contribution in [-0.2, 0) is 0 Å². The zero-order chi connectivity index (χ0) is 36.4. The van der Waals surface area contributed by atoms with E-state index in [0.717, 1.165) is 71.7 Å². The molecule has 1 aliphatic carbocycles. The maximum Gasteiger partial charge on any atom is 0.212 e. The highest BCUT2D eigenvalue weighted by atomic mass is 16.5. The summed E-state index contributed by atoms with van der Waals surface area (Å²) in [5.41, 5.74) is 9.10. The van der Waals surface area contributed by atoms with Crippen molar-refractivity contribution in [2.24, 2.45) is 0 Å². The smallest absolute Gasteiger partial charge is 0.212 e. The third-order valence-corrected chi connectivity index (χ3v) is 9.67. The van der Waals surface area contributed by atoms with E-state index < -0.39 is 0 Å². The standard InChI is InChI=1S/C48H60N2O2/c1-5-7-9-11-13-15-37-51-47-33-29-45(30-34-47)50(46-31-35-48(36-32-46)52-38-16-14-12-10-8-6-2)44-27-25-43(26-28-44)49(41-21-17-39(3)18-22-41)42-23-19-40(4)20-24-42/h17-36H,5-16,37-38H2,1-4H3/q+2. The molecule has 0 radical (unpaired) electrons. The van der Waals surface area contributed by atoms with Gasteiger partial charge in [-0.1, -0.05) is 113 Å². The number of allylic oxidation sites excluding steroid dienone is 4. The van der Waals surface area contributed by atoms with Gasteiger partial charge in [0.15, 0.2) is 0 Å². The normalized spacial score (nSPS) is 12.3. The van der Waals surface area contributed by atoms with Crippen molar-refractivity contribution in [1.82, 2.24) is 9.15 Å². The Labute approximate surface area is 313 Å². The summed E-state index contributed by atoms with van der Waals surface area (Å²) in [6.45, 7) is 10.3. The van der Waals surface area contributed by atoms with Gasteiger partial charge in [-0.25, -0.2) is 0 Å². The van der Waals surface area contributed by atoms with Crippen LogP contribution < -0.4 is 18.6 Å². The zero-order valence-electron chi connectivity index (χ0n) is 32.2. The molecule has 5 rings (SSSR count). The molecule has 52 heavy (non-hydrogen) atoms. The van der Waals surface area contributed by atoms with E-state index in [-0.39, 0.29) is 0 Å². The molecule has 4 nitrogen and oxygen atoms in total. The lowest BCUT2D eigenvalue weighted by atomic mass is 10.1. The Bertz CT molecular complexity index is 1650. The van der Waals surface area contributed by atoms with Gasteiger partial charge in [0.2, 0.25) is 34.2 Å². The Kier molecular flexibility index (Phi) is 15.5. The molecule has 0 aliphatic heterocycles. The van der Waals surface area contributed by atoms with Gasteiger partial charge in [0.1, 0.15) is 11.5 Å². The maximum absolute atomic E-state index is 6.15. The van der Waals surface area contributed by atoms with Crippen molar-refractivity contribution >= 4 is 34.2 Å². The average Bonchev–Trinajstić information content (AvgIpc) is 3.17.